The summed E-state index contributed by atoms with van der Waals surface area (Å²) in [6.45, 7) is 6.27. The molecule has 1 aromatic rings. The Morgan fingerprint density at radius 3 is 2.57 bits per heavy atom. The minimum Gasteiger partial charge on any atom is -0.354 e. The van der Waals surface area contributed by atoms with Gasteiger partial charge in [-0.3, -0.25) is 14.9 Å². The van der Waals surface area contributed by atoms with E-state index in [1.165, 1.54) is 18.2 Å². The number of benzene rings is 1. The molecule has 1 unspecified atom stereocenters. The number of hydrogen-bond donors (Lipinski definition) is 3. The van der Waals surface area contributed by atoms with Crippen molar-refractivity contribution < 1.29 is 14.0 Å². The minimum atomic E-state index is -0.470. The van der Waals surface area contributed by atoms with Crippen LogP contribution in [-0.2, 0) is 9.59 Å². The third-order valence-electron chi connectivity index (χ3n) is 2.76. The largest absolute Gasteiger partial charge is 0.354 e. The number of amides is 2. The summed E-state index contributed by atoms with van der Waals surface area (Å²) in [6.07, 6.45) is 0. The average molecular weight is 295 g/mol. The molecule has 1 aromatic carbocycles. The second-order valence-electron chi connectivity index (χ2n) is 5.30. The molecular formula is C15H22FN3O2. The van der Waals surface area contributed by atoms with E-state index in [9.17, 15) is 14.0 Å². The maximum absolute atomic E-state index is 13.0. The fourth-order valence-corrected chi connectivity index (χ4v) is 1.57. The molecule has 5 nitrogen and oxygen atoms in total. The molecule has 6 heteroatoms. The highest BCUT2D eigenvalue weighted by atomic mass is 19.1. The molecule has 1 atom stereocenters. The first-order chi connectivity index (χ1) is 9.88. The third kappa shape index (κ3) is 6.85. The summed E-state index contributed by atoms with van der Waals surface area (Å²) < 4.78 is 13.0. The average Bonchev–Trinajstić information content (AvgIpc) is 2.42. The van der Waals surface area contributed by atoms with Gasteiger partial charge >= 0.3 is 0 Å². The van der Waals surface area contributed by atoms with Crippen LogP contribution in [0.4, 0.5) is 10.1 Å². The second kappa shape index (κ2) is 8.36. The molecule has 0 bridgehead atoms. The van der Waals surface area contributed by atoms with E-state index in [0.29, 0.717) is 18.2 Å². The van der Waals surface area contributed by atoms with Gasteiger partial charge in [0.2, 0.25) is 11.8 Å². The van der Waals surface area contributed by atoms with Crippen LogP contribution in [0, 0.1) is 11.7 Å². The lowest BCUT2D eigenvalue weighted by Gasteiger charge is -2.15. The zero-order valence-electron chi connectivity index (χ0n) is 12.6. The molecule has 0 aliphatic rings. The Labute approximate surface area is 124 Å². The zero-order chi connectivity index (χ0) is 15.8. The van der Waals surface area contributed by atoms with Crippen molar-refractivity contribution in [3.05, 3.63) is 30.1 Å². The minimum absolute atomic E-state index is 0.0211. The normalized spacial score (nSPS) is 12.0. The maximum Gasteiger partial charge on any atom is 0.238 e. The SMILES string of the molecule is CC(C)CNC(=O)C(C)NCC(=O)Nc1cccc(F)c1. The Morgan fingerprint density at radius 2 is 1.95 bits per heavy atom. The number of carbonyl (C=O) groups excluding carboxylic acids is 2. The first kappa shape index (κ1) is 17.1. The molecule has 21 heavy (non-hydrogen) atoms. The van der Waals surface area contributed by atoms with Crippen LogP contribution in [0.1, 0.15) is 20.8 Å². The third-order valence-corrected chi connectivity index (χ3v) is 2.76. The highest BCUT2D eigenvalue weighted by Gasteiger charge is 2.13. The number of rotatable bonds is 7. The van der Waals surface area contributed by atoms with Gasteiger partial charge in [0.1, 0.15) is 5.82 Å². The predicted molar refractivity (Wildman–Crippen MR) is 80.3 cm³/mol. The van der Waals surface area contributed by atoms with Crippen molar-refractivity contribution in [1.82, 2.24) is 10.6 Å². The predicted octanol–water partition coefficient (Wildman–Crippen LogP) is 1.51. The van der Waals surface area contributed by atoms with Crippen molar-refractivity contribution >= 4 is 17.5 Å². The van der Waals surface area contributed by atoms with Crippen molar-refractivity contribution in [3.8, 4) is 0 Å². The van der Waals surface area contributed by atoms with E-state index < -0.39 is 11.9 Å². The summed E-state index contributed by atoms with van der Waals surface area (Å²) in [7, 11) is 0. The molecule has 3 N–H and O–H groups in total. The van der Waals surface area contributed by atoms with Gasteiger partial charge in [0.05, 0.1) is 12.6 Å². The molecule has 0 aliphatic carbocycles. The van der Waals surface area contributed by atoms with Crippen LogP contribution in [0.2, 0.25) is 0 Å². The van der Waals surface area contributed by atoms with Crippen molar-refractivity contribution in [2.45, 2.75) is 26.8 Å². The Bertz CT molecular complexity index is 492. The lowest BCUT2D eigenvalue weighted by Crippen LogP contribution is -2.45. The Hall–Kier alpha value is -1.95. The van der Waals surface area contributed by atoms with Crippen molar-refractivity contribution in [1.29, 1.82) is 0 Å². The topological polar surface area (TPSA) is 70.2 Å². The van der Waals surface area contributed by atoms with Crippen LogP contribution in [0.5, 0.6) is 0 Å². The molecule has 0 aromatic heterocycles. The highest BCUT2D eigenvalue weighted by molar-refractivity contribution is 5.92. The Balaban J connectivity index is 2.33. The summed E-state index contributed by atoms with van der Waals surface area (Å²) in [5, 5.41) is 8.16. The van der Waals surface area contributed by atoms with E-state index in [0.717, 1.165) is 0 Å². The van der Waals surface area contributed by atoms with Gasteiger partial charge in [0.15, 0.2) is 0 Å². The summed E-state index contributed by atoms with van der Waals surface area (Å²) >= 11 is 0. The summed E-state index contributed by atoms with van der Waals surface area (Å²) in [5.74, 6) is -0.522. The van der Waals surface area contributed by atoms with E-state index in [1.807, 2.05) is 13.8 Å². The fourth-order valence-electron chi connectivity index (χ4n) is 1.57. The van der Waals surface area contributed by atoms with Gasteiger partial charge in [-0.25, -0.2) is 4.39 Å². The van der Waals surface area contributed by atoms with Gasteiger partial charge in [-0.2, -0.15) is 0 Å². The van der Waals surface area contributed by atoms with Crippen molar-refractivity contribution in [2.75, 3.05) is 18.4 Å². The Kier molecular flexibility index (Phi) is 6.81. The smallest absolute Gasteiger partial charge is 0.238 e. The van der Waals surface area contributed by atoms with Crippen LogP contribution in [0.3, 0.4) is 0 Å². The number of hydrogen-bond acceptors (Lipinski definition) is 3. The van der Waals surface area contributed by atoms with Crippen LogP contribution in [0.25, 0.3) is 0 Å². The zero-order valence-corrected chi connectivity index (χ0v) is 12.6. The molecule has 0 aliphatic heterocycles. The van der Waals surface area contributed by atoms with Crippen LogP contribution >= 0.6 is 0 Å². The molecule has 2 amide bonds. The lowest BCUT2D eigenvalue weighted by molar-refractivity contribution is -0.123. The molecule has 0 saturated heterocycles. The number of halogens is 1. The fraction of sp³-hybridized carbons (Fsp3) is 0.467. The summed E-state index contributed by atoms with van der Waals surface area (Å²) in [4.78, 5) is 23.4. The highest BCUT2D eigenvalue weighted by Crippen LogP contribution is 2.08. The molecule has 0 spiro atoms. The molecular weight excluding hydrogens is 273 g/mol. The van der Waals surface area contributed by atoms with Crippen LogP contribution < -0.4 is 16.0 Å². The Morgan fingerprint density at radius 1 is 1.24 bits per heavy atom. The van der Waals surface area contributed by atoms with Crippen molar-refractivity contribution in [3.63, 3.8) is 0 Å². The van der Waals surface area contributed by atoms with Crippen LogP contribution in [0.15, 0.2) is 24.3 Å². The molecule has 116 valence electrons. The van der Waals surface area contributed by atoms with E-state index in [2.05, 4.69) is 16.0 Å². The van der Waals surface area contributed by atoms with Crippen molar-refractivity contribution in [2.24, 2.45) is 5.92 Å². The molecule has 0 fully saturated rings. The maximum atomic E-state index is 13.0. The van der Waals surface area contributed by atoms with E-state index in [-0.39, 0.29) is 18.4 Å². The standard InChI is InChI=1S/C15H22FN3O2/c1-10(2)8-18-15(21)11(3)17-9-14(20)19-13-6-4-5-12(16)7-13/h4-7,10-11,17H,8-9H2,1-3H3,(H,18,21)(H,19,20). The first-order valence-electron chi connectivity index (χ1n) is 6.95. The molecule has 0 heterocycles. The van der Waals surface area contributed by atoms with Gasteiger partial charge < -0.3 is 10.6 Å². The molecule has 1 rings (SSSR count). The summed E-state index contributed by atoms with van der Waals surface area (Å²) in [5.41, 5.74) is 0.388. The van der Waals surface area contributed by atoms with Gasteiger partial charge in [-0.15, -0.1) is 0 Å². The number of carbonyl (C=O) groups is 2. The molecule has 0 radical (unpaired) electrons. The van der Waals surface area contributed by atoms with E-state index >= 15 is 0 Å². The molecule has 0 saturated carbocycles. The van der Waals surface area contributed by atoms with Gasteiger partial charge in [-0.1, -0.05) is 19.9 Å². The number of anilines is 1. The van der Waals surface area contributed by atoms with Gasteiger partial charge in [0.25, 0.3) is 0 Å². The summed E-state index contributed by atoms with van der Waals surface area (Å²) in [6, 6.07) is 5.17. The number of nitrogens with one attached hydrogen (secondary N) is 3. The van der Waals surface area contributed by atoms with Crippen LogP contribution in [-0.4, -0.2) is 30.9 Å². The lowest BCUT2D eigenvalue weighted by atomic mass is 10.2. The first-order valence-corrected chi connectivity index (χ1v) is 6.95. The quantitative estimate of drug-likeness (QED) is 0.714. The van der Waals surface area contributed by atoms with E-state index in [4.69, 9.17) is 0 Å². The van der Waals surface area contributed by atoms with E-state index in [1.54, 1.807) is 13.0 Å². The van der Waals surface area contributed by atoms with Gasteiger partial charge in [0, 0.05) is 12.2 Å². The monoisotopic (exact) mass is 295 g/mol. The second-order valence-corrected chi connectivity index (χ2v) is 5.30. The van der Waals surface area contributed by atoms with Gasteiger partial charge in [-0.05, 0) is 31.0 Å².